The van der Waals surface area contributed by atoms with E-state index in [-0.39, 0.29) is 56.2 Å². The van der Waals surface area contributed by atoms with E-state index in [4.69, 9.17) is 44.3 Å². The molecule has 0 aromatic heterocycles. The third-order valence-electron chi connectivity index (χ3n) is 4.35. The maximum Gasteiger partial charge on any atom is 0.206 e. The van der Waals surface area contributed by atoms with Crippen LogP contribution in [0.1, 0.15) is 6.92 Å². The van der Waals surface area contributed by atoms with Crippen molar-refractivity contribution >= 4 is 54.5 Å². The highest BCUT2D eigenvalue weighted by atomic mass is 35.5. The zero-order chi connectivity index (χ0) is 24.8. The smallest absolute Gasteiger partial charge is 0.206 e. The van der Waals surface area contributed by atoms with E-state index in [1.54, 1.807) is 0 Å². The zero-order valence-corrected chi connectivity index (χ0v) is 21.3. The van der Waals surface area contributed by atoms with Crippen molar-refractivity contribution in [3.8, 4) is 11.5 Å². The fourth-order valence-corrected chi connectivity index (χ4v) is 5.46. The minimum atomic E-state index is -3.99. The molecule has 0 aliphatic rings. The molecule has 2 rings (SSSR count). The second-order valence-electron chi connectivity index (χ2n) is 6.97. The maximum atomic E-state index is 13.0. The first-order chi connectivity index (χ1) is 15.4. The number of sulfone groups is 2. The molecular weight excluding hydrogens is 539 g/mol. The van der Waals surface area contributed by atoms with Crippen molar-refractivity contribution in [2.24, 2.45) is 0 Å². The van der Waals surface area contributed by atoms with Crippen LogP contribution in [-0.2, 0) is 19.7 Å². The number of rotatable bonds is 12. The number of hydrogen-bond acceptors (Lipinski definition) is 8. The van der Waals surface area contributed by atoms with Gasteiger partial charge in [-0.2, -0.15) is 0 Å². The lowest BCUT2D eigenvalue weighted by molar-refractivity contribution is 0.125. The first kappa shape index (κ1) is 28.0. The molecule has 33 heavy (non-hydrogen) atoms. The van der Waals surface area contributed by atoms with Gasteiger partial charge in [0.15, 0.2) is 9.84 Å². The Kier molecular flexibility index (Phi) is 10.1. The molecule has 2 aromatic rings. The van der Waals surface area contributed by atoms with Crippen LogP contribution < -0.4 is 9.47 Å². The summed E-state index contributed by atoms with van der Waals surface area (Å²) in [4.78, 5) is -0.237. The Bertz CT molecular complexity index is 1170. The van der Waals surface area contributed by atoms with Gasteiger partial charge < -0.3 is 19.7 Å². The monoisotopic (exact) mass is 560 g/mol. The van der Waals surface area contributed by atoms with Crippen LogP contribution in [0.3, 0.4) is 0 Å². The second kappa shape index (κ2) is 11.9. The Morgan fingerprint density at radius 1 is 0.848 bits per heavy atom. The van der Waals surface area contributed by atoms with Gasteiger partial charge in [-0.3, -0.25) is 0 Å². The fourth-order valence-electron chi connectivity index (χ4n) is 2.54. The molecule has 2 N–H and O–H groups in total. The molecule has 0 fully saturated rings. The van der Waals surface area contributed by atoms with Gasteiger partial charge in [-0.25, -0.2) is 16.8 Å². The first-order valence-corrected chi connectivity index (χ1v) is 14.2. The van der Waals surface area contributed by atoms with E-state index in [0.717, 1.165) is 0 Å². The normalized spacial score (nSPS) is 14.0. The Morgan fingerprint density at radius 2 is 1.30 bits per heavy atom. The third kappa shape index (κ3) is 7.88. The average molecular weight is 562 g/mol. The molecule has 0 saturated heterocycles. The van der Waals surface area contributed by atoms with E-state index < -0.39 is 37.6 Å². The quantitative estimate of drug-likeness (QED) is 0.379. The van der Waals surface area contributed by atoms with Crippen molar-refractivity contribution in [3.05, 3.63) is 46.4 Å². The van der Waals surface area contributed by atoms with Crippen LogP contribution >= 0.6 is 34.8 Å². The molecule has 8 nitrogen and oxygen atoms in total. The van der Waals surface area contributed by atoms with E-state index in [1.807, 2.05) is 0 Å². The first-order valence-electron chi connectivity index (χ1n) is 9.62. The topological polar surface area (TPSA) is 127 Å². The predicted octanol–water partition coefficient (Wildman–Crippen LogP) is 2.98. The number of benzene rings is 2. The van der Waals surface area contributed by atoms with Crippen molar-refractivity contribution < 1.29 is 36.5 Å². The van der Waals surface area contributed by atoms with Gasteiger partial charge in [0.25, 0.3) is 0 Å². The van der Waals surface area contributed by atoms with Crippen LogP contribution in [0.4, 0.5) is 0 Å². The SMILES string of the molecule is CCS(=O)(=O)C[C@@H](O)COc1ccc(S(=O)(=O)c2ccc(OC[C@H](O)CCl)c(Cl)c2)cc1Cl. The van der Waals surface area contributed by atoms with Gasteiger partial charge in [0, 0.05) is 5.75 Å². The molecule has 0 aliphatic carbocycles. The summed E-state index contributed by atoms with van der Waals surface area (Å²) in [6.45, 7) is 1.03. The second-order valence-corrected chi connectivity index (χ2v) is 12.4. The number of halogens is 3. The summed E-state index contributed by atoms with van der Waals surface area (Å²) < 4.78 is 59.7. The highest BCUT2D eigenvalue weighted by Crippen LogP contribution is 2.33. The Hall–Kier alpha value is -1.27. The van der Waals surface area contributed by atoms with Crippen molar-refractivity contribution in [2.45, 2.75) is 28.9 Å². The van der Waals surface area contributed by atoms with Crippen LogP contribution in [-0.4, -0.2) is 69.9 Å². The minimum absolute atomic E-state index is 0.0264. The predicted molar refractivity (Wildman–Crippen MR) is 126 cm³/mol. The number of alkyl halides is 1. The summed E-state index contributed by atoms with van der Waals surface area (Å²) in [5.41, 5.74) is 0. The van der Waals surface area contributed by atoms with Gasteiger partial charge in [0.2, 0.25) is 9.84 Å². The van der Waals surface area contributed by atoms with Crippen molar-refractivity contribution in [3.63, 3.8) is 0 Å². The van der Waals surface area contributed by atoms with Crippen LogP contribution in [0.5, 0.6) is 11.5 Å². The molecule has 0 bridgehead atoms. The van der Waals surface area contributed by atoms with E-state index in [0.29, 0.717) is 0 Å². The molecule has 184 valence electrons. The lowest BCUT2D eigenvalue weighted by Gasteiger charge is -2.14. The van der Waals surface area contributed by atoms with Crippen LogP contribution in [0.25, 0.3) is 0 Å². The van der Waals surface area contributed by atoms with Gasteiger partial charge in [0.05, 0.1) is 31.5 Å². The molecular formula is C20H23Cl3O8S2. The molecule has 0 saturated carbocycles. The van der Waals surface area contributed by atoms with Crippen LogP contribution in [0.2, 0.25) is 10.0 Å². The number of aliphatic hydroxyl groups excluding tert-OH is 2. The van der Waals surface area contributed by atoms with Gasteiger partial charge >= 0.3 is 0 Å². The Labute approximate surface area is 207 Å². The van der Waals surface area contributed by atoms with E-state index >= 15 is 0 Å². The number of hydrogen-bond donors (Lipinski definition) is 2. The summed E-state index contributed by atoms with van der Waals surface area (Å²) in [6, 6.07) is 7.62. The highest BCUT2D eigenvalue weighted by Gasteiger charge is 2.22. The molecule has 13 heteroatoms. The van der Waals surface area contributed by atoms with Gasteiger partial charge in [-0.05, 0) is 36.4 Å². The molecule has 0 heterocycles. The van der Waals surface area contributed by atoms with E-state index in [2.05, 4.69) is 0 Å². The van der Waals surface area contributed by atoms with Gasteiger partial charge in [-0.1, -0.05) is 30.1 Å². The Morgan fingerprint density at radius 3 is 1.70 bits per heavy atom. The summed E-state index contributed by atoms with van der Waals surface area (Å²) in [5.74, 6) is -0.321. The summed E-state index contributed by atoms with van der Waals surface area (Å²) in [7, 11) is -7.38. The number of ether oxygens (including phenoxy) is 2. The fraction of sp³-hybridized carbons (Fsp3) is 0.400. The molecule has 2 atom stereocenters. The lowest BCUT2D eigenvalue weighted by atomic mass is 10.3. The van der Waals surface area contributed by atoms with Crippen molar-refractivity contribution in [2.75, 3.05) is 30.6 Å². The van der Waals surface area contributed by atoms with Gasteiger partial charge in [0.1, 0.15) is 36.9 Å². The molecule has 0 aliphatic heterocycles. The summed E-state index contributed by atoms with van der Waals surface area (Å²) in [6.07, 6.45) is -2.16. The maximum absolute atomic E-state index is 13.0. The standard InChI is InChI=1S/C20H23Cl3O8S2/c1-2-32(26,27)12-14(25)11-31-20-6-4-16(8-18(20)23)33(28,29)15-3-5-19(17(22)7-15)30-10-13(24)9-21/h3-8,13-14,24-25H,2,9-12H2,1H3/t13-,14+/m1/s1. The molecule has 0 amide bonds. The zero-order valence-electron chi connectivity index (χ0n) is 17.4. The number of aliphatic hydroxyl groups is 2. The Balaban J connectivity index is 2.15. The lowest BCUT2D eigenvalue weighted by Crippen LogP contribution is -2.28. The summed E-state index contributed by atoms with van der Waals surface area (Å²) in [5, 5.41) is 19.3. The molecule has 2 aromatic carbocycles. The third-order valence-corrected chi connectivity index (χ3v) is 8.82. The van der Waals surface area contributed by atoms with E-state index in [1.165, 1.54) is 43.3 Å². The largest absolute Gasteiger partial charge is 0.489 e. The molecule has 0 spiro atoms. The van der Waals surface area contributed by atoms with E-state index in [9.17, 15) is 27.0 Å². The molecule has 0 radical (unpaired) electrons. The van der Waals surface area contributed by atoms with Gasteiger partial charge in [-0.15, -0.1) is 11.6 Å². The average Bonchev–Trinajstić information content (AvgIpc) is 2.76. The minimum Gasteiger partial charge on any atom is -0.489 e. The van der Waals surface area contributed by atoms with Crippen molar-refractivity contribution in [1.82, 2.24) is 0 Å². The van der Waals surface area contributed by atoms with Crippen LogP contribution in [0, 0.1) is 0 Å². The van der Waals surface area contributed by atoms with Crippen molar-refractivity contribution in [1.29, 1.82) is 0 Å². The molecule has 0 unspecified atom stereocenters. The summed E-state index contributed by atoms with van der Waals surface area (Å²) >= 11 is 17.8. The highest BCUT2D eigenvalue weighted by molar-refractivity contribution is 7.91. The van der Waals surface area contributed by atoms with Crippen LogP contribution in [0.15, 0.2) is 46.2 Å².